The first-order valence-corrected chi connectivity index (χ1v) is 28.0. The van der Waals surface area contributed by atoms with Crippen molar-refractivity contribution in [1.82, 2.24) is 40.2 Å². The van der Waals surface area contributed by atoms with Crippen LogP contribution in [-0.2, 0) is 40.6 Å². The van der Waals surface area contributed by atoms with Crippen LogP contribution in [0.3, 0.4) is 0 Å². The molecule has 5 amide bonds. The second kappa shape index (κ2) is 21.7. The first kappa shape index (κ1) is 52.6. The maximum atomic E-state index is 15.1. The average Bonchev–Trinajstić information content (AvgIpc) is 4.28. The lowest BCUT2D eigenvalue weighted by atomic mass is 9.94. The molecule has 3 N–H and O–H groups in total. The normalized spacial score (nSPS) is 20.9. The molecule has 0 spiro atoms. The zero-order chi connectivity index (χ0) is 53.6. The van der Waals surface area contributed by atoms with E-state index in [0.717, 1.165) is 54.5 Å². The van der Waals surface area contributed by atoms with E-state index in [1.807, 2.05) is 101 Å². The van der Waals surface area contributed by atoms with Crippen LogP contribution in [0.15, 0.2) is 102 Å². The minimum absolute atomic E-state index is 0.0577. The van der Waals surface area contributed by atoms with Gasteiger partial charge in [0, 0.05) is 62.9 Å². The Kier molecular flexibility index (Phi) is 15.0. The Morgan fingerprint density at radius 3 is 1.88 bits per heavy atom. The minimum atomic E-state index is -1.37. The Morgan fingerprint density at radius 1 is 0.737 bits per heavy atom. The number of β-amino-alcohol motifs (C(OH)–C–C–N with tert-alkyl or cyclic N) is 1. The van der Waals surface area contributed by atoms with Crippen molar-refractivity contribution in [3.63, 3.8) is 0 Å². The number of nitrogens with zero attached hydrogens (tertiary/aromatic N) is 6. The molecule has 2 aromatic heterocycles. The van der Waals surface area contributed by atoms with Crippen LogP contribution in [0, 0.1) is 25.7 Å². The van der Waals surface area contributed by atoms with Crippen LogP contribution in [0.25, 0.3) is 20.9 Å². The van der Waals surface area contributed by atoms with Gasteiger partial charge in [0.15, 0.2) is 0 Å². The number of carbonyl (C=O) groups is 5. The van der Waals surface area contributed by atoms with Gasteiger partial charge in [-0.15, -0.1) is 22.7 Å². The molecule has 0 saturated carbocycles. The van der Waals surface area contributed by atoms with E-state index in [4.69, 9.17) is 4.74 Å². The number of nitrogens with one attached hydrogen (secondary N) is 2. The summed E-state index contributed by atoms with van der Waals surface area (Å²) in [6, 6.07) is 27.2. The Labute approximate surface area is 452 Å². The molecule has 4 aromatic carbocycles. The molecule has 6 heterocycles. The molecule has 0 bridgehead atoms. The first-order valence-electron chi connectivity index (χ1n) is 26.3. The van der Waals surface area contributed by atoms with Gasteiger partial charge in [0.25, 0.3) is 11.8 Å². The number of rotatable bonds is 17. The Balaban J connectivity index is 0.833. The maximum Gasteiger partial charge on any atom is 0.255 e. The van der Waals surface area contributed by atoms with Crippen molar-refractivity contribution in [3.8, 4) is 26.6 Å². The molecular weight excluding hydrogens is 997 g/mol. The second-order valence-electron chi connectivity index (χ2n) is 21.7. The predicted octanol–water partition coefficient (Wildman–Crippen LogP) is 8.02. The number of hydrogen-bond acceptors (Lipinski definition) is 12. The highest BCUT2D eigenvalue weighted by atomic mass is 32.1. The van der Waals surface area contributed by atoms with E-state index in [1.165, 1.54) is 0 Å². The number of ether oxygens (including phenoxy) is 1. The summed E-state index contributed by atoms with van der Waals surface area (Å²) in [6.45, 7) is 15.5. The highest BCUT2D eigenvalue weighted by Crippen LogP contribution is 2.39. The Morgan fingerprint density at radius 2 is 1.30 bits per heavy atom. The molecule has 2 fully saturated rings. The zero-order valence-electron chi connectivity index (χ0n) is 44.1. The fourth-order valence-electron chi connectivity index (χ4n) is 11.6. The summed E-state index contributed by atoms with van der Waals surface area (Å²) < 4.78 is 6.69. The van der Waals surface area contributed by atoms with Gasteiger partial charge in [-0.25, -0.2) is 9.97 Å². The van der Waals surface area contributed by atoms with Crippen LogP contribution in [0.5, 0.6) is 5.75 Å². The van der Waals surface area contributed by atoms with Gasteiger partial charge < -0.3 is 40.1 Å². The van der Waals surface area contributed by atoms with Crippen LogP contribution in [0.4, 0.5) is 0 Å². The fourth-order valence-corrected chi connectivity index (χ4v) is 13.3. The van der Waals surface area contributed by atoms with Gasteiger partial charge in [-0.3, -0.25) is 24.0 Å². The molecule has 2 saturated heterocycles. The third-order valence-corrected chi connectivity index (χ3v) is 17.6. The largest absolute Gasteiger partial charge is 0.488 e. The highest BCUT2D eigenvalue weighted by Gasteiger charge is 2.54. The van der Waals surface area contributed by atoms with Crippen LogP contribution < -0.4 is 15.4 Å². The number of benzene rings is 4. The lowest BCUT2D eigenvalue weighted by Crippen LogP contribution is -2.60. The van der Waals surface area contributed by atoms with E-state index < -0.39 is 29.8 Å². The Bertz CT molecular complexity index is 3160. The zero-order valence-corrected chi connectivity index (χ0v) is 45.7. The smallest absolute Gasteiger partial charge is 0.255 e. The third kappa shape index (κ3) is 10.3. The predicted molar refractivity (Wildman–Crippen MR) is 293 cm³/mol. The third-order valence-electron chi connectivity index (χ3n) is 15.6. The molecule has 6 atom stereocenters. The first-order chi connectivity index (χ1) is 36.5. The fraction of sp³-hybridized carbons (Fsp3) is 0.407. The summed E-state index contributed by atoms with van der Waals surface area (Å²) in [5.41, 5.74) is 11.0. The van der Waals surface area contributed by atoms with Gasteiger partial charge in [-0.1, -0.05) is 100 Å². The van der Waals surface area contributed by atoms with Crippen molar-refractivity contribution >= 4 is 52.2 Å². The van der Waals surface area contributed by atoms with Crippen molar-refractivity contribution in [2.45, 2.75) is 123 Å². The van der Waals surface area contributed by atoms with E-state index in [2.05, 4.69) is 44.9 Å². The summed E-state index contributed by atoms with van der Waals surface area (Å²) in [6.07, 6.45) is -0.765. The molecule has 6 aromatic rings. The molecule has 4 aliphatic heterocycles. The summed E-state index contributed by atoms with van der Waals surface area (Å²) in [4.78, 5) is 90.5. The van der Waals surface area contributed by atoms with Crippen molar-refractivity contribution < 1.29 is 33.8 Å². The monoisotopic (exact) mass is 1060 g/mol. The van der Waals surface area contributed by atoms with E-state index in [0.29, 0.717) is 36.4 Å². The van der Waals surface area contributed by atoms with E-state index in [-0.39, 0.29) is 86.6 Å². The summed E-state index contributed by atoms with van der Waals surface area (Å²) >= 11 is 3.19. The van der Waals surface area contributed by atoms with E-state index in [9.17, 15) is 24.3 Å². The van der Waals surface area contributed by atoms with Crippen LogP contribution >= 0.6 is 22.7 Å². The van der Waals surface area contributed by atoms with Gasteiger partial charge >= 0.3 is 0 Å². The van der Waals surface area contributed by atoms with Gasteiger partial charge in [-0.05, 0) is 90.6 Å². The molecule has 396 valence electrons. The quantitative estimate of drug-likeness (QED) is 0.0811. The molecule has 1 unspecified atom stereocenters. The number of aliphatic hydroxyl groups is 1. The molecule has 15 nitrogen and oxygen atoms in total. The average molecular weight is 1060 g/mol. The van der Waals surface area contributed by atoms with Gasteiger partial charge in [-0.2, -0.15) is 0 Å². The minimum Gasteiger partial charge on any atom is -0.488 e. The molecular formula is C59H66N8O7S2. The van der Waals surface area contributed by atoms with Crippen LogP contribution in [0.1, 0.15) is 102 Å². The van der Waals surface area contributed by atoms with Crippen molar-refractivity contribution in [1.29, 1.82) is 0 Å². The number of aromatic nitrogens is 2. The molecule has 10 rings (SSSR count). The van der Waals surface area contributed by atoms with Crippen molar-refractivity contribution in [2.24, 2.45) is 11.8 Å². The maximum absolute atomic E-state index is 15.1. The van der Waals surface area contributed by atoms with Gasteiger partial charge in [0.05, 0.1) is 44.8 Å². The summed E-state index contributed by atoms with van der Waals surface area (Å²) in [7, 11) is 0. The summed E-state index contributed by atoms with van der Waals surface area (Å²) in [5, 5.41) is 17.5. The topological polar surface area (TPSA) is 178 Å². The van der Waals surface area contributed by atoms with Gasteiger partial charge in [0.1, 0.15) is 29.5 Å². The molecule has 76 heavy (non-hydrogen) atoms. The van der Waals surface area contributed by atoms with E-state index in [1.54, 1.807) is 67.4 Å². The molecule has 0 aliphatic carbocycles. The summed E-state index contributed by atoms with van der Waals surface area (Å²) in [5.74, 6) is -1.52. The van der Waals surface area contributed by atoms with Crippen LogP contribution in [-0.4, -0.2) is 120 Å². The highest BCUT2D eigenvalue weighted by molar-refractivity contribution is 7.13. The number of aliphatic hydroxyl groups excluding tert-OH is 1. The van der Waals surface area contributed by atoms with Crippen LogP contribution in [0.2, 0.25) is 0 Å². The second-order valence-corrected chi connectivity index (χ2v) is 23.4. The number of aryl methyl sites for hydroxylation is 2. The lowest BCUT2D eigenvalue weighted by molar-refractivity contribution is -0.148. The van der Waals surface area contributed by atoms with Crippen molar-refractivity contribution in [3.05, 3.63) is 147 Å². The van der Waals surface area contributed by atoms with E-state index >= 15 is 4.79 Å². The van der Waals surface area contributed by atoms with Crippen molar-refractivity contribution in [2.75, 3.05) is 19.6 Å². The molecule has 17 heteroatoms. The number of likely N-dealkylation sites (tertiary alicyclic amines) is 2. The van der Waals surface area contributed by atoms with Gasteiger partial charge in [0.2, 0.25) is 17.7 Å². The molecule has 0 radical (unpaired) electrons. The number of carbonyl (C=O) groups excluding carboxylic acids is 5. The number of fused-ring (bicyclic) bond motifs is 2. The standard InChI is InChI=1S/C59H66N8O7S2/c1-34(2)50(56(71)64-30-45(68)22-44(64)27-60-25-38-12-16-40(17-13-38)52-36(5)62-32-75-52)65-29-43-20-21-46(23-49(43)55(65)70)74-47-24-59(7,58(73)61-26-39-14-18-41(19-15-39)53-37(6)63-33-76-53)67(31-47)57(72)51(35(3)4)66-28-42-10-8-9-11-48(42)54(66)69/h8-21,23,32-35,44-45,47,50-51,60,68H,22,24-31H2,1-7H3,(H,61,73)/t44-,45+,47+,50-,51-,59?/m0/s1. The Hall–Kier alpha value is -6.79. The number of hydrogen-bond donors (Lipinski definition) is 3. The molecule has 4 aliphatic rings. The number of amides is 5. The lowest BCUT2D eigenvalue weighted by Gasteiger charge is -2.39. The number of thiazole rings is 2. The SMILES string of the molecule is Cc1ncsc1-c1ccc(CNC[C@@H]2C[C@@H](O)CN2C(=O)[C@H](C(C)C)N2Cc3ccc(O[C@H]4CN(C(=O)[C@H](C(C)C)N5Cc6ccccc6C5=O)C(C)(C(=O)NCc5ccc(-c6scnc6C)cc5)C4)cc3C2=O)cc1.